The average molecular weight is 300 g/mol. The summed E-state index contributed by atoms with van der Waals surface area (Å²) in [6.45, 7) is 9.78. The number of nitrogens with zero attached hydrogens (tertiary/aromatic N) is 1. The fourth-order valence-corrected chi connectivity index (χ4v) is 4.10. The van der Waals surface area contributed by atoms with Crippen LogP contribution in [0.5, 0.6) is 0 Å². The van der Waals surface area contributed by atoms with E-state index in [1.165, 1.54) is 31.7 Å². The van der Waals surface area contributed by atoms with Gasteiger partial charge in [0.15, 0.2) is 6.54 Å². The number of quaternary nitrogens is 2. The van der Waals surface area contributed by atoms with Gasteiger partial charge in [0.1, 0.15) is 26.2 Å². The quantitative estimate of drug-likeness (QED) is 0.376. The van der Waals surface area contributed by atoms with Gasteiger partial charge in [0, 0.05) is 6.42 Å². The van der Waals surface area contributed by atoms with E-state index in [1.54, 1.807) is 4.90 Å². The second-order valence-corrected chi connectivity index (χ2v) is 6.46. The highest BCUT2D eigenvalue weighted by Crippen LogP contribution is 2.26. The van der Waals surface area contributed by atoms with Gasteiger partial charge in [0.05, 0.1) is 6.20 Å². The number of hydrogen-bond donors (Lipinski definition) is 1. The Morgan fingerprint density at radius 1 is 1.26 bits per heavy atom. The summed E-state index contributed by atoms with van der Waals surface area (Å²) in [5.41, 5.74) is 1.34. The van der Waals surface area contributed by atoms with Crippen molar-refractivity contribution < 1.29 is 21.8 Å². The molecule has 0 saturated carbocycles. The normalized spacial score (nSPS) is 36.6. The maximum Gasteiger partial charge on any atom is 0.227 e. The largest absolute Gasteiger partial charge is 1.00 e. The molecule has 2 nitrogen and oxygen atoms in total. The molecule has 1 unspecified atom stereocenters. The molecule has 0 radical (unpaired) electrons. The number of halogens is 2. The van der Waals surface area contributed by atoms with Crippen LogP contribution in [0.25, 0.3) is 0 Å². The SMILES string of the molecule is C=C[N+]12CC[NH+](CC1)C(Cl)(Cc1ccccc1)C2.[Cl-]. The van der Waals surface area contributed by atoms with Crippen LogP contribution in [0.15, 0.2) is 43.1 Å². The van der Waals surface area contributed by atoms with Crippen molar-refractivity contribution in [3.63, 3.8) is 0 Å². The van der Waals surface area contributed by atoms with Crippen molar-refractivity contribution in [2.45, 2.75) is 11.4 Å². The molecule has 2 bridgehead atoms. The lowest BCUT2D eigenvalue weighted by Crippen LogP contribution is -3.26. The van der Waals surface area contributed by atoms with E-state index in [-0.39, 0.29) is 17.4 Å². The molecule has 3 heterocycles. The monoisotopic (exact) mass is 299 g/mol. The molecule has 0 amide bonds. The highest BCUT2D eigenvalue weighted by molar-refractivity contribution is 6.22. The molecule has 3 saturated heterocycles. The first-order valence-corrected chi connectivity index (χ1v) is 7.11. The van der Waals surface area contributed by atoms with Crippen LogP contribution in [0.2, 0.25) is 0 Å². The Morgan fingerprint density at radius 3 is 2.47 bits per heavy atom. The molecule has 3 fully saturated rings. The molecule has 19 heavy (non-hydrogen) atoms. The molecular weight excluding hydrogens is 279 g/mol. The lowest BCUT2D eigenvalue weighted by Gasteiger charge is -2.53. The minimum absolute atomic E-state index is 0. The predicted molar refractivity (Wildman–Crippen MR) is 74.5 cm³/mol. The van der Waals surface area contributed by atoms with E-state index in [4.69, 9.17) is 11.6 Å². The summed E-state index contributed by atoms with van der Waals surface area (Å²) in [5, 5.41) is 0. The van der Waals surface area contributed by atoms with E-state index in [0.29, 0.717) is 0 Å². The summed E-state index contributed by atoms with van der Waals surface area (Å²) >= 11 is 6.97. The maximum atomic E-state index is 6.97. The van der Waals surface area contributed by atoms with Crippen molar-refractivity contribution >= 4 is 11.6 Å². The Labute approximate surface area is 126 Å². The van der Waals surface area contributed by atoms with E-state index in [9.17, 15) is 0 Å². The van der Waals surface area contributed by atoms with Gasteiger partial charge in [-0.1, -0.05) is 30.3 Å². The molecule has 1 aromatic rings. The van der Waals surface area contributed by atoms with Crippen LogP contribution in [0.4, 0.5) is 0 Å². The number of hydrogen-bond acceptors (Lipinski definition) is 0. The Morgan fingerprint density at radius 2 is 1.89 bits per heavy atom. The molecule has 0 aromatic heterocycles. The highest BCUT2D eigenvalue weighted by Gasteiger charge is 2.55. The standard InChI is InChI=1S/C15H20ClN2.ClH/c1-2-18-10-8-17(9-11-18)15(16,13-18)12-14-6-4-3-5-7-14;/h2-7H,1,8-13H2;1H/q+1;. The molecule has 4 heteroatoms. The summed E-state index contributed by atoms with van der Waals surface area (Å²) in [5.74, 6) is 0. The van der Waals surface area contributed by atoms with Crippen LogP contribution in [0.3, 0.4) is 0 Å². The fourth-order valence-electron chi connectivity index (χ4n) is 3.52. The zero-order valence-electron chi connectivity index (χ0n) is 11.1. The first-order valence-electron chi connectivity index (χ1n) is 6.73. The van der Waals surface area contributed by atoms with Gasteiger partial charge in [-0.25, -0.2) is 0 Å². The number of alkyl halides is 1. The van der Waals surface area contributed by atoms with Gasteiger partial charge in [-0.05, 0) is 23.7 Å². The van der Waals surface area contributed by atoms with Crippen LogP contribution in [-0.2, 0) is 6.42 Å². The zero-order chi connectivity index (χ0) is 12.6. The molecular formula is C15H21Cl2N2+. The Bertz CT molecular complexity index is 441. The van der Waals surface area contributed by atoms with Crippen LogP contribution in [-0.4, -0.2) is 42.2 Å². The van der Waals surface area contributed by atoms with Crippen molar-refractivity contribution in [2.75, 3.05) is 32.7 Å². The lowest BCUT2D eigenvalue weighted by atomic mass is 9.97. The molecule has 104 valence electrons. The van der Waals surface area contributed by atoms with Crippen molar-refractivity contribution in [1.82, 2.24) is 0 Å². The van der Waals surface area contributed by atoms with E-state index in [2.05, 4.69) is 43.1 Å². The van der Waals surface area contributed by atoms with Crippen molar-refractivity contribution in [1.29, 1.82) is 0 Å². The highest BCUT2D eigenvalue weighted by atomic mass is 35.5. The molecule has 4 rings (SSSR count). The molecule has 3 aliphatic rings. The molecule has 1 atom stereocenters. The fraction of sp³-hybridized carbons (Fsp3) is 0.467. The third-order valence-corrected chi connectivity index (χ3v) is 5.15. The lowest BCUT2D eigenvalue weighted by molar-refractivity contribution is -1.08. The Hall–Kier alpha value is -0.540. The van der Waals surface area contributed by atoms with Crippen LogP contribution < -0.4 is 17.3 Å². The Kier molecular flexibility index (Phi) is 4.26. The zero-order valence-corrected chi connectivity index (χ0v) is 12.6. The minimum Gasteiger partial charge on any atom is -1.00 e. The predicted octanol–water partition coefficient (Wildman–Crippen LogP) is -1.96. The second-order valence-electron chi connectivity index (χ2n) is 5.74. The molecule has 3 aliphatic heterocycles. The summed E-state index contributed by atoms with van der Waals surface area (Å²) < 4.78 is 1.000. The molecule has 1 N–H and O–H groups in total. The molecule has 0 spiro atoms. The van der Waals surface area contributed by atoms with Gasteiger partial charge < -0.3 is 17.3 Å². The van der Waals surface area contributed by atoms with E-state index in [1.807, 2.05) is 0 Å². The van der Waals surface area contributed by atoms with Gasteiger partial charge >= 0.3 is 0 Å². The van der Waals surface area contributed by atoms with Gasteiger partial charge in [-0.3, -0.25) is 4.48 Å². The van der Waals surface area contributed by atoms with Gasteiger partial charge in [0.25, 0.3) is 0 Å². The smallest absolute Gasteiger partial charge is 0.227 e. The Balaban J connectivity index is 0.00000133. The summed E-state index contributed by atoms with van der Waals surface area (Å²) in [6, 6.07) is 10.6. The van der Waals surface area contributed by atoms with Crippen molar-refractivity contribution in [3.05, 3.63) is 48.7 Å². The molecule has 0 aliphatic carbocycles. The number of rotatable bonds is 3. The second kappa shape index (κ2) is 5.45. The first kappa shape index (κ1) is 14.9. The van der Waals surface area contributed by atoms with E-state index < -0.39 is 0 Å². The topological polar surface area (TPSA) is 4.44 Å². The maximum absolute atomic E-state index is 6.97. The van der Waals surface area contributed by atoms with Crippen molar-refractivity contribution in [3.8, 4) is 0 Å². The summed E-state index contributed by atoms with van der Waals surface area (Å²) in [6.07, 6.45) is 3.07. The average Bonchev–Trinajstić information content (AvgIpc) is 2.40. The van der Waals surface area contributed by atoms with Gasteiger partial charge in [0.2, 0.25) is 5.00 Å². The first-order chi connectivity index (χ1) is 8.66. The van der Waals surface area contributed by atoms with Crippen molar-refractivity contribution in [2.24, 2.45) is 0 Å². The van der Waals surface area contributed by atoms with Crippen LogP contribution in [0, 0.1) is 0 Å². The number of benzene rings is 1. The van der Waals surface area contributed by atoms with E-state index in [0.717, 1.165) is 17.4 Å². The number of piperazine rings is 3. The van der Waals surface area contributed by atoms with Crippen LogP contribution in [0.1, 0.15) is 5.56 Å². The minimum atomic E-state index is -0.147. The summed E-state index contributed by atoms with van der Waals surface area (Å²) in [4.78, 5) is 1.42. The van der Waals surface area contributed by atoms with Crippen LogP contribution >= 0.6 is 11.6 Å². The molecule has 1 aromatic carbocycles. The third kappa shape index (κ3) is 2.68. The summed E-state index contributed by atoms with van der Waals surface area (Å²) in [7, 11) is 0. The van der Waals surface area contributed by atoms with Gasteiger partial charge in [-0.15, -0.1) is 0 Å². The number of fused-ring (bicyclic) bond motifs is 3. The third-order valence-electron chi connectivity index (χ3n) is 4.63. The van der Waals surface area contributed by atoms with Gasteiger partial charge in [-0.2, -0.15) is 0 Å². The van der Waals surface area contributed by atoms with E-state index >= 15 is 0 Å². The number of nitrogens with one attached hydrogen (secondary N) is 1.